The Bertz CT molecular complexity index is 318. The Morgan fingerprint density at radius 1 is 1.40 bits per heavy atom. The molecule has 0 saturated heterocycles. The number of halogens is 1. The van der Waals surface area contributed by atoms with Crippen LogP contribution < -0.4 is 5.32 Å². The maximum atomic E-state index is 8.93. The summed E-state index contributed by atoms with van der Waals surface area (Å²) in [5, 5.41) is 12.1. The molecule has 0 bridgehead atoms. The van der Waals surface area contributed by atoms with Gasteiger partial charge >= 0.3 is 0 Å². The van der Waals surface area contributed by atoms with Crippen molar-refractivity contribution < 1.29 is 0 Å². The van der Waals surface area contributed by atoms with Crippen molar-refractivity contribution in [3.05, 3.63) is 35.9 Å². The summed E-state index contributed by atoms with van der Waals surface area (Å²) in [6, 6.07) is 12.1. The van der Waals surface area contributed by atoms with Gasteiger partial charge in [-0.15, -0.1) is 11.6 Å². The zero-order chi connectivity index (χ0) is 11.1. The molecule has 3 heteroatoms. The molecule has 0 saturated carbocycles. The Hall–Kier alpha value is -1.04. The molecule has 0 spiro atoms. The number of nitrogens with zero attached hydrogens (tertiary/aromatic N) is 1. The SMILES string of the molecule is C[C@@H](CCl)C(C#N)NCc1ccccc1. The highest BCUT2D eigenvalue weighted by Crippen LogP contribution is 2.06. The second-order valence-electron chi connectivity index (χ2n) is 3.60. The lowest BCUT2D eigenvalue weighted by Crippen LogP contribution is -2.33. The molecule has 1 unspecified atom stereocenters. The molecule has 0 aromatic heterocycles. The molecule has 0 aliphatic rings. The van der Waals surface area contributed by atoms with Crippen molar-refractivity contribution in [2.45, 2.75) is 19.5 Å². The summed E-state index contributed by atoms with van der Waals surface area (Å²) in [4.78, 5) is 0. The first-order valence-corrected chi connectivity index (χ1v) is 5.54. The van der Waals surface area contributed by atoms with Gasteiger partial charge in [0.25, 0.3) is 0 Å². The summed E-state index contributed by atoms with van der Waals surface area (Å²) in [7, 11) is 0. The molecule has 80 valence electrons. The van der Waals surface area contributed by atoms with Gasteiger partial charge in [0.15, 0.2) is 0 Å². The van der Waals surface area contributed by atoms with Crippen LogP contribution in [0.1, 0.15) is 12.5 Å². The van der Waals surface area contributed by atoms with Gasteiger partial charge in [0, 0.05) is 12.4 Å². The van der Waals surface area contributed by atoms with E-state index in [0.717, 1.165) is 0 Å². The van der Waals surface area contributed by atoms with E-state index in [1.165, 1.54) is 5.56 Å². The molecule has 1 aromatic carbocycles. The second kappa shape index (κ2) is 6.44. The van der Waals surface area contributed by atoms with Crippen LogP contribution in [0.4, 0.5) is 0 Å². The fraction of sp³-hybridized carbons (Fsp3) is 0.417. The third-order valence-corrected chi connectivity index (χ3v) is 2.81. The first-order valence-electron chi connectivity index (χ1n) is 5.00. The van der Waals surface area contributed by atoms with Crippen LogP contribution in [0.2, 0.25) is 0 Å². The number of nitrogens with one attached hydrogen (secondary N) is 1. The highest BCUT2D eigenvalue weighted by Gasteiger charge is 2.14. The Balaban J connectivity index is 2.46. The monoisotopic (exact) mass is 222 g/mol. The summed E-state index contributed by atoms with van der Waals surface area (Å²) in [5.41, 5.74) is 1.18. The van der Waals surface area contributed by atoms with E-state index in [9.17, 15) is 0 Å². The lowest BCUT2D eigenvalue weighted by molar-refractivity contribution is 0.476. The third kappa shape index (κ3) is 3.91. The normalized spacial score (nSPS) is 14.2. The molecule has 0 aliphatic carbocycles. The molecule has 2 nitrogen and oxygen atoms in total. The van der Waals surface area contributed by atoms with Crippen molar-refractivity contribution in [2.75, 3.05) is 5.88 Å². The first kappa shape index (κ1) is 12.0. The van der Waals surface area contributed by atoms with E-state index in [-0.39, 0.29) is 12.0 Å². The number of nitriles is 1. The number of hydrogen-bond acceptors (Lipinski definition) is 2. The molecule has 1 N–H and O–H groups in total. The summed E-state index contributed by atoms with van der Waals surface area (Å²) in [5.74, 6) is 0.667. The molecule has 2 atom stereocenters. The Morgan fingerprint density at radius 3 is 2.60 bits per heavy atom. The van der Waals surface area contributed by atoms with Crippen LogP contribution in [-0.4, -0.2) is 11.9 Å². The smallest absolute Gasteiger partial charge is 0.0992 e. The molecule has 15 heavy (non-hydrogen) atoms. The Kier molecular flexibility index (Phi) is 5.17. The van der Waals surface area contributed by atoms with E-state index in [1.807, 2.05) is 37.3 Å². The molecule has 0 amide bonds. The summed E-state index contributed by atoms with van der Waals surface area (Å²) in [6.45, 7) is 2.68. The largest absolute Gasteiger partial charge is 0.298 e. The first-order chi connectivity index (χ1) is 7.27. The predicted octanol–water partition coefficient (Wildman–Crippen LogP) is 2.54. The second-order valence-corrected chi connectivity index (χ2v) is 3.91. The molecule has 0 fully saturated rings. The van der Waals surface area contributed by atoms with E-state index in [1.54, 1.807) is 0 Å². The van der Waals surface area contributed by atoms with Gasteiger partial charge in [0.1, 0.15) is 0 Å². The van der Waals surface area contributed by atoms with Crippen molar-refractivity contribution in [1.29, 1.82) is 5.26 Å². The highest BCUT2D eigenvalue weighted by atomic mass is 35.5. The average Bonchev–Trinajstić information content (AvgIpc) is 2.31. The average molecular weight is 223 g/mol. The fourth-order valence-electron chi connectivity index (χ4n) is 1.29. The van der Waals surface area contributed by atoms with Crippen molar-refractivity contribution in [2.24, 2.45) is 5.92 Å². The van der Waals surface area contributed by atoms with Crippen molar-refractivity contribution in [1.82, 2.24) is 5.32 Å². The molecule has 0 heterocycles. The van der Waals surface area contributed by atoms with E-state index < -0.39 is 0 Å². The van der Waals surface area contributed by atoms with E-state index in [0.29, 0.717) is 12.4 Å². The van der Waals surface area contributed by atoms with Crippen LogP contribution in [0, 0.1) is 17.2 Å². The lowest BCUT2D eigenvalue weighted by atomic mass is 10.1. The van der Waals surface area contributed by atoms with Crippen LogP contribution in [0.15, 0.2) is 30.3 Å². The standard InChI is InChI=1S/C12H15ClN2/c1-10(7-13)12(8-14)15-9-11-5-3-2-4-6-11/h2-6,10,12,15H,7,9H2,1H3/t10-,12?/m0/s1. The molecule has 0 aliphatic heterocycles. The zero-order valence-corrected chi connectivity index (χ0v) is 9.54. The number of rotatable bonds is 5. The van der Waals surface area contributed by atoms with Crippen LogP contribution in [0.25, 0.3) is 0 Å². The molecular weight excluding hydrogens is 208 g/mol. The van der Waals surface area contributed by atoms with Gasteiger partial charge in [-0.3, -0.25) is 5.32 Å². The minimum Gasteiger partial charge on any atom is -0.298 e. The summed E-state index contributed by atoms with van der Waals surface area (Å²) in [6.07, 6.45) is 0. The topological polar surface area (TPSA) is 35.8 Å². The van der Waals surface area contributed by atoms with Gasteiger partial charge in [-0.2, -0.15) is 5.26 Å². The number of benzene rings is 1. The van der Waals surface area contributed by atoms with Crippen molar-refractivity contribution in [3.8, 4) is 6.07 Å². The van der Waals surface area contributed by atoms with Gasteiger partial charge in [0.2, 0.25) is 0 Å². The third-order valence-electron chi connectivity index (χ3n) is 2.32. The summed E-state index contributed by atoms with van der Waals surface area (Å²) >= 11 is 5.72. The quantitative estimate of drug-likeness (QED) is 0.778. The molecule has 0 radical (unpaired) electrons. The minimum atomic E-state index is -0.178. The minimum absolute atomic E-state index is 0.167. The number of hydrogen-bond donors (Lipinski definition) is 1. The molecular formula is C12H15ClN2. The van der Waals surface area contributed by atoms with Gasteiger partial charge < -0.3 is 0 Å². The molecule has 1 rings (SSSR count). The summed E-state index contributed by atoms with van der Waals surface area (Å²) < 4.78 is 0. The van der Waals surface area contributed by atoms with Gasteiger partial charge in [-0.05, 0) is 11.5 Å². The van der Waals surface area contributed by atoms with Gasteiger partial charge in [-0.25, -0.2) is 0 Å². The molecule has 1 aromatic rings. The van der Waals surface area contributed by atoms with Crippen LogP contribution in [0.5, 0.6) is 0 Å². The zero-order valence-electron chi connectivity index (χ0n) is 8.78. The highest BCUT2D eigenvalue weighted by molar-refractivity contribution is 6.18. The Labute approximate surface area is 95.9 Å². The van der Waals surface area contributed by atoms with E-state index in [2.05, 4.69) is 11.4 Å². The predicted molar refractivity (Wildman–Crippen MR) is 62.6 cm³/mol. The van der Waals surface area contributed by atoms with Crippen LogP contribution in [0.3, 0.4) is 0 Å². The maximum Gasteiger partial charge on any atom is 0.0992 e. The lowest BCUT2D eigenvalue weighted by Gasteiger charge is -2.16. The van der Waals surface area contributed by atoms with Crippen molar-refractivity contribution in [3.63, 3.8) is 0 Å². The maximum absolute atomic E-state index is 8.93. The van der Waals surface area contributed by atoms with Crippen LogP contribution >= 0.6 is 11.6 Å². The van der Waals surface area contributed by atoms with E-state index >= 15 is 0 Å². The fourth-order valence-corrected chi connectivity index (χ4v) is 1.46. The van der Waals surface area contributed by atoms with Crippen LogP contribution in [-0.2, 0) is 6.54 Å². The van der Waals surface area contributed by atoms with Gasteiger partial charge in [-0.1, -0.05) is 37.3 Å². The van der Waals surface area contributed by atoms with Crippen molar-refractivity contribution >= 4 is 11.6 Å². The Morgan fingerprint density at radius 2 is 2.07 bits per heavy atom. The van der Waals surface area contributed by atoms with Gasteiger partial charge in [0.05, 0.1) is 12.1 Å². The van der Waals surface area contributed by atoms with E-state index in [4.69, 9.17) is 16.9 Å². The number of alkyl halides is 1.